The van der Waals surface area contributed by atoms with Gasteiger partial charge in [-0.15, -0.1) is 0 Å². The SMILES string of the molecule is CC(COCC1(F)C=C(F)C(F)(F)OC1(F)F)C(C)C(F)(F)F. The van der Waals surface area contributed by atoms with Crippen molar-refractivity contribution < 1.29 is 49.0 Å². The molecule has 1 aliphatic heterocycles. The van der Waals surface area contributed by atoms with Gasteiger partial charge in [-0.25, -0.2) is 13.5 Å². The summed E-state index contributed by atoms with van der Waals surface area (Å²) in [6, 6.07) is 0. The molecule has 0 aliphatic carbocycles. The maximum atomic E-state index is 14.0. The van der Waals surface area contributed by atoms with Crippen LogP contribution in [0, 0.1) is 11.8 Å². The molecule has 0 spiro atoms. The molecular formula is C12H13F9O2. The largest absolute Gasteiger partial charge is 0.413 e. The molecule has 136 valence electrons. The van der Waals surface area contributed by atoms with Gasteiger partial charge in [0, 0.05) is 12.7 Å². The summed E-state index contributed by atoms with van der Waals surface area (Å²) < 4.78 is 123. The third-order valence-corrected chi connectivity index (χ3v) is 3.44. The highest BCUT2D eigenvalue weighted by atomic mass is 19.4. The molecule has 1 aliphatic rings. The zero-order chi connectivity index (χ0) is 18.3. The molecule has 0 saturated carbocycles. The van der Waals surface area contributed by atoms with Crippen molar-refractivity contribution in [1.29, 1.82) is 0 Å². The van der Waals surface area contributed by atoms with Crippen molar-refractivity contribution in [2.75, 3.05) is 13.2 Å². The van der Waals surface area contributed by atoms with Crippen molar-refractivity contribution >= 4 is 0 Å². The van der Waals surface area contributed by atoms with Crippen LogP contribution in [0.4, 0.5) is 39.5 Å². The average molecular weight is 360 g/mol. The van der Waals surface area contributed by atoms with E-state index in [0.717, 1.165) is 13.8 Å². The Morgan fingerprint density at radius 3 is 2.13 bits per heavy atom. The minimum atomic E-state index is -5.12. The lowest BCUT2D eigenvalue weighted by molar-refractivity contribution is -0.408. The lowest BCUT2D eigenvalue weighted by atomic mass is 9.96. The van der Waals surface area contributed by atoms with E-state index in [4.69, 9.17) is 0 Å². The molecule has 0 aromatic rings. The normalized spacial score (nSPS) is 29.8. The van der Waals surface area contributed by atoms with Gasteiger partial charge in [-0.3, -0.25) is 0 Å². The average Bonchev–Trinajstić information content (AvgIpc) is 2.33. The number of hydrogen-bond donors (Lipinski definition) is 0. The monoisotopic (exact) mass is 360 g/mol. The molecule has 2 nitrogen and oxygen atoms in total. The van der Waals surface area contributed by atoms with Crippen molar-refractivity contribution in [2.24, 2.45) is 11.8 Å². The van der Waals surface area contributed by atoms with E-state index in [9.17, 15) is 39.5 Å². The minimum Gasteiger partial charge on any atom is -0.377 e. The maximum Gasteiger partial charge on any atom is 0.413 e. The zero-order valence-electron chi connectivity index (χ0n) is 11.9. The van der Waals surface area contributed by atoms with E-state index in [1.165, 1.54) is 0 Å². The van der Waals surface area contributed by atoms with E-state index in [1.54, 1.807) is 0 Å². The molecule has 0 amide bonds. The lowest BCUT2D eigenvalue weighted by Gasteiger charge is -2.36. The van der Waals surface area contributed by atoms with Gasteiger partial charge < -0.3 is 4.74 Å². The quantitative estimate of drug-likeness (QED) is 0.667. The van der Waals surface area contributed by atoms with Crippen molar-refractivity contribution in [3.63, 3.8) is 0 Å². The molecule has 0 saturated heterocycles. The second kappa shape index (κ2) is 6.15. The van der Waals surface area contributed by atoms with Crippen LogP contribution in [-0.2, 0) is 9.47 Å². The van der Waals surface area contributed by atoms with Crippen LogP contribution in [-0.4, -0.2) is 37.3 Å². The minimum absolute atomic E-state index is 0.686. The molecule has 1 rings (SSSR count). The standard InChI is InChI=1S/C12H13F9O2/c1-6(7(2)10(15,16)17)4-22-5-9(14)3-8(13)11(18,19)23-12(9,20)21/h3,6-7H,4-5H2,1-2H3. The Labute approximate surface area is 125 Å². The van der Waals surface area contributed by atoms with Crippen LogP contribution in [0.2, 0.25) is 0 Å². The molecule has 0 aromatic heterocycles. The van der Waals surface area contributed by atoms with Crippen LogP contribution in [0.15, 0.2) is 11.9 Å². The fraction of sp³-hybridized carbons (Fsp3) is 0.833. The molecule has 11 heteroatoms. The van der Waals surface area contributed by atoms with E-state index in [2.05, 4.69) is 9.47 Å². The first-order valence-electron chi connectivity index (χ1n) is 6.30. The van der Waals surface area contributed by atoms with Gasteiger partial charge in [0.1, 0.15) is 0 Å². The second-order valence-electron chi connectivity index (χ2n) is 5.31. The van der Waals surface area contributed by atoms with Gasteiger partial charge >= 0.3 is 18.4 Å². The van der Waals surface area contributed by atoms with E-state index >= 15 is 0 Å². The summed E-state index contributed by atoms with van der Waals surface area (Å²) in [6.45, 7) is -0.576. The second-order valence-corrected chi connectivity index (χ2v) is 5.31. The van der Waals surface area contributed by atoms with E-state index < -0.39 is 61.0 Å². The molecule has 23 heavy (non-hydrogen) atoms. The van der Waals surface area contributed by atoms with Crippen LogP contribution in [0.1, 0.15) is 13.8 Å². The molecule has 0 fully saturated rings. The smallest absolute Gasteiger partial charge is 0.377 e. The Bertz CT molecular complexity index is 460. The van der Waals surface area contributed by atoms with Gasteiger partial charge in [-0.1, -0.05) is 13.8 Å². The Balaban J connectivity index is 2.75. The van der Waals surface area contributed by atoms with Gasteiger partial charge in [0.25, 0.3) is 0 Å². The molecular weight excluding hydrogens is 347 g/mol. The van der Waals surface area contributed by atoms with Crippen molar-refractivity contribution in [3.8, 4) is 0 Å². The van der Waals surface area contributed by atoms with Gasteiger partial charge in [-0.2, -0.15) is 30.7 Å². The molecule has 0 bridgehead atoms. The van der Waals surface area contributed by atoms with Crippen molar-refractivity contribution in [1.82, 2.24) is 0 Å². The summed E-state index contributed by atoms with van der Waals surface area (Å²) >= 11 is 0. The van der Waals surface area contributed by atoms with Crippen LogP contribution < -0.4 is 0 Å². The first kappa shape index (κ1) is 20.1. The summed E-state index contributed by atoms with van der Waals surface area (Å²) in [5, 5.41) is 0. The molecule has 1 heterocycles. The zero-order valence-corrected chi connectivity index (χ0v) is 11.9. The van der Waals surface area contributed by atoms with Crippen molar-refractivity contribution in [2.45, 2.75) is 37.9 Å². The third kappa shape index (κ3) is 4.31. The highest BCUT2D eigenvalue weighted by Crippen LogP contribution is 2.47. The van der Waals surface area contributed by atoms with Crippen LogP contribution >= 0.6 is 0 Å². The number of ether oxygens (including phenoxy) is 2. The molecule has 0 aromatic carbocycles. The molecule has 0 N–H and O–H groups in total. The van der Waals surface area contributed by atoms with Crippen molar-refractivity contribution in [3.05, 3.63) is 11.9 Å². The van der Waals surface area contributed by atoms with Gasteiger partial charge in [0.15, 0.2) is 5.83 Å². The summed E-state index contributed by atoms with van der Waals surface area (Å²) in [7, 11) is 0. The maximum absolute atomic E-state index is 14.0. The first-order chi connectivity index (χ1) is 10.1. The number of halogens is 9. The highest BCUT2D eigenvalue weighted by molar-refractivity contribution is 5.18. The topological polar surface area (TPSA) is 18.5 Å². The summed E-state index contributed by atoms with van der Waals surface area (Å²) in [4.78, 5) is 0. The van der Waals surface area contributed by atoms with E-state index in [1.807, 2.05) is 0 Å². The molecule has 3 unspecified atom stereocenters. The predicted octanol–water partition coefficient (Wildman–Crippen LogP) is 4.62. The highest BCUT2D eigenvalue weighted by Gasteiger charge is 2.66. The number of hydrogen-bond acceptors (Lipinski definition) is 2. The Hall–Kier alpha value is -0.970. The predicted molar refractivity (Wildman–Crippen MR) is 59.2 cm³/mol. The summed E-state index contributed by atoms with van der Waals surface area (Å²) in [5.74, 6) is -5.68. The lowest BCUT2D eigenvalue weighted by Crippen LogP contribution is -2.55. The van der Waals surface area contributed by atoms with Gasteiger partial charge in [0.05, 0.1) is 12.5 Å². The van der Waals surface area contributed by atoms with Crippen LogP contribution in [0.5, 0.6) is 0 Å². The van der Waals surface area contributed by atoms with Crippen LogP contribution in [0.3, 0.4) is 0 Å². The summed E-state index contributed by atoms with van der Waals surface area (Å²) in [5.41, 5.74) is -4.07. The van der Waals surface area contributed by atoms with Gasteiger partial charge in [-0.05, 0) is 5.92 Å². The fourth-order valence-corrected chi connectivity index (χ4v) is 1.65. The Kier molecular flexibility index (Phi) is 5.37. The fourth-order valence-electron chi connectivity index (χ4n) is 1.65. The van der Waals surface area contributed by atoms with E-state index in [-0.39, 0.29) is 0 Å². The summed E-state index contributed by atoms with van der Waals surface area (Å²) in [6.07, 6.45) is -15.4. The molecule has 0 radical (unpaired) electrons. The van der Waals surface area contributed by atoms with Gasteiger partial charge in [0.2, 0.25) is 5.67 Å². The third-order valence-electron chi connectivity index (χ3n) is 3.44. The number of alkyl halides is 8. The van der Waals surface area contributed by atoms with E-state index in [0.29, 0.717) is 0 Å². The van der Waals surface area contributed by atoms with Crippen LogP contribution in [0.25, 0.3) is 0 Å². The Morgan fingerprint density at radius 2 is 1.65 bits per heavy atom. The first-order valence-corrected chi connectivity index (χ1v) is 6.30. The molecule has 3 atom stereocenters. The number of rotatable bonds is 5. The Morgan fingerprint density at radius 1 is 1.13 bits per heavy atom.